The number of hydrogen-bond acceptors (Lipinski definition) is 5. The molecule has 0 atom stereocenters. The summed E-state index contributed by atoms with van der Waals surface area (Å²) in [6.07, 6.45) is 1.39. The van der Waals surface area contributed by atoms with Crippen LogP contribution in [0.4, 0.5) is 20.2 Å². The lowest BCUT2D eigenvalue weighted by molar-refractivity contribution is 0.0943. The van der Waals surface area contributed by atoms with Gasteiger partial charge in [0, 0.05) is 29.6 Å². The van der Waals surface area contributed by atoms with Gasteiger partial charge in [-0.3, -0.25) is 19.3 Å². The van der Waals surface area contributed by atoms with Crippen molar-refractivity contribution in [2.75, 3.05) is 18.1 Å². The summed E-state index contributed by atoms with van der Waals surface area (Å²) in [4.78, 5) is 48.6. The number of halogens is 2. The summed E-state index contributed by atoms with van der Waals surface area (Å²) in [6.45, 7) is -0.426. The number of para-hydroxylation sites is 1. The van der Waals surface area contributed by atoms with E-state index in [9.17, 15) is 28.3 Å². The number of aromatic nitrogens is 2. The molecule has 0 aliphatic rings. The van der Waals surface area contributed by atoms with E-state index in [2.05, 4.69) is 15.3 Å². The van der Waals surface area contributed by atoms with Crippen LogP contribution in [0.1, 0.15) is 20.7 Å². The summed E-state index contributed by atoms with van der Waals surface area (Å²) < 4.78 is 27.9. The molecule has 2 heterocycles. The fourth-order valence-corrected chi connectivity index (χ4v) is 4.46. The number of pyridine rings is 2. The molecule has 0 radical (unpaired) electrons. The van der Waals surface area contributed by atoms with Crippen molar-refractivity contribution in [1.82, 2.24) is 15.3 Å². The highest BCUT2D eigenvalue weighted by Crippen LogP contribution is 2.39. The van der Waals surface area contributed by atoms with E-state index in [1.54, 1.807) is 60.7 Å². The van der Waals surface area contributed by atoms with Crippen molar-refractivity contribution in [2.45, 2.75) is 0 Å². The molecular formula is C30H22F2N4O4. The Morgan fingerprint density at radius 1 is 0.925 bits per heavy atom. The second kappa shape index (κ2) is 11.3. The van der Waals surface area contributed by atoms with Crippen molar-refractivity contribution < 1.29 is 23.5 Å². The number of hydrogen-bond donors (Lipinski definition) is 3. The molecule has 5 rings (SSSR count). The van der Waals surface area contributed by atoms with E-state index in [1.807, 2.05) is 0 Å². The highest BCUT2D eigenvalue weighted by molar-refractivity contribution is 6.18. The van der Waals surface area contributed by atoms with Gasteiger partial charge in [-0.05, 0) is 42.0 Å². The summed E-state index contributed by atoms with van der Waals surface area (Å²) in [5.41, 5.74) is 0.336. The van der Waals surface area contributed by atoms with Crippen LogP contribution in [0.2, 0.25) is 0 Å². The zero-order valence-corrected chi connectivity index (χ0v) is 20.9. The van der Waals surface area contributed by atoms with Crippen LogP contribution in [0.15, 0.2) is 95.9 Å². The van der Waals surface area contributed by atoms with Gasteiger partial charge in [0.2, 0.25) is 0 Å². The first kappa shape index (κ1) is 26.4. The molecule has 200 valence electrons. The minimum absolute atomic E-state index is 0.0881. The first-order valence-electron chi connectivity index (χ1n) is 12.2. The summed E-state index contributed by atoms with van der Waals surface area (Å²) in [5.74, 6) is -3.70. The molecule has 3 N–H and O–H groups in total. The monoisotopic (exact) mass is 540 g/mol. The van der Waals surface area contributed by atoms with Gasteiger partial charge < -0.3 is 15.4 Å². The van der Waals surface area contributed by atoms with Gasteiger partial charge in [0.25, 0.3) is 17.4 Å². The van der Waals surface area contributed by atoms with E-state index < -0.39 is 29.0 Å². The third kappa shape index (κ3) is 4.95. The molecule has 5 aromatic rings. The molecule has 2 amide bonds. The van der Waals surface area contributed by atoms with E-state index in [1.165, 1.54) is 23.2 Å². The highest BCUT2D eigenvalue weighted by atomic mass is 19.2. The topological polar surface area (TPSA) is 115 Å². The van der Waals surface area contributed by atoms with Crippen molar-refractivity contribution in [1.29, 1.82) is 0 Å². The standard InChI is InChI=1S/C30H22F2N4O4/c31-21-12-11-19(17-22(21)32)30(40)36(20-9-5-2-6-10-20)23-13-14-33-27-25(23)24(18-7-3-1-4-8-18)26(29(39)35-27)28(38)34-15-16-37/h1-14,17,37H,15-16H2,(H,34,38)(H,33,35,39). The minimum atomic E-state index is -1.18. The smallest absolute Gasteiger partial charge is 0.263 e. The summed E-state index contributed by atoms with van der Waals surface area (Å²) in [6, 6.07) is 21.5. The fraction of sp³-hybridized carbons (Fsp3) is 0.0667. The summed E-state index contributed by atoms with van der Waals surface area (Å²) in [7, 11) is 0. The van der Waals surface area contributed by atoms with E-state index in [-0.39, 0.29) is 46.6 Å². The van der Waals surface area contributed by atoms with E-state index >= 15 is 0 Å². The van der Waals surface area contributed by atoms with Crippen LogP contribution in [-0.2, 0) is 0 Å². The van der Waals surface area contributed by atoms with E-state index in [4.69, 9.17) is 0 Å². The lowest BCUT2D eigenvalue weighted by Crippen LogP contribution is -2.33. The van der Waals surface area contributed by atoms with Gasteiger partial charge >= 0.3 is 0 Å². The number of rotatable bonds is 7. The average molecular weight is 541 g/mol. The van der Waals surface area contributed by atoms with E-state index in [0.717, 1.165) is 12.1 Å². The van der Waals surface area contributed by atoms with Gasteiger partial charge in [0.05, 0.1) is 17.7 Å². The molecular weight excluding hydrogens is 518 g/mol. The SMILES string of the molecule is O=C(NCCO)c1c(-c2ccccc2)c2c(N(C(=O)c3ccc(F)c(F)c3)c3ccccc3)ccnc2[nH]c1=O. The molecule has 0 spiro atoms. The Morgan fingerprint density at radius 2 is 1.62 bits per heavy atom. The third-order valence-electron chi connectivity index (χ3n) is 6.20. The predicted octanol–water partition coefficient (Wildman–Crippen LogP) is 4.57. The quantitative estimate of drug-likeness (QED) is 0.280. The highest BCUT2D eigenvalue weighted by Gasteiger charge is 2.28. The number of nitrogens with zero attached hydrogens (tertiary/aromatic N) is 2. The molecule has 8 nitrogen and oxygen atoms in total. The van der Waals surface area contributed by atoms with Crippen LogP contribution in [0.5, 0.6) is 0 Å². The number of carbonyl (C=O) groups is 2. The zero-order chi connectivity index (χ0) is 28.2. The van der Waals surface area contributed by atoms with Crippen LogP contribution < -0.4 is 15.8 Å². The Labute approximate surface area is 226 Å². The van der Waals surface area contributed by atoms with E-state index in [0.29, 0.717) is 11.3 Å². The van der Waals surface area contributed by atoms with Crippen LogP contribution >= 0.6 is 0 Å². The number of aliphatic hydroxyl groups is 1. The zero-order valence-electron chi connectivity index (χ0n) is 20.9. The number of nitrogens with one attached hydrogen (secondary N) is 2. The largest absolute Gasteiger partial charge is 0.395 e. The number of H-pyrrole nitrogens is 1. The number of anilines is 2. The summed E-state index contributed by atoms with van der Waals surface area (Å²) in [5, 5.41) is 12.0. The van der Waals surface area contributed by atoms with Gasteiger partial charge in [0.1, 0.15) is 11.2 Å². The molecule has 40 heavy (non-hydrogen) atoms. The Bertz CT molecular complexity index is 1780. The lowest BCUT2D eigenvalue weighted by atomic mass is 9.95. The summed E-state index contributed by atoms with van der Waals surface area (Å²) >= 11 is 0. The number of aromatic amines is 1. The maximum Gasteiger partial charge on any atom is 0.263 e. The molecule has 0 saturated carbocycles. The molecule has 0 fully saturated rings. The lowest BCUT2D eigenvalue weighted by Gasteiger charge is -2.26. The maximum absolute atomic E-state index is 14.2. The minimum Gasteiger partial charge on any atom is -0.395 e. The maximum atomic E-state index is 14.2. The number of fused-ring (bicyclic) bond motifs is 1. The van der Waals surface area contributed by atoms with Gasteiger partial charge in [-0.1, -0.05) is 48.5 Å². The van der Waals surface area contributed by atoms with Gasteiger partial charge in [-0.25, -0.2) is 13.8 Å². The normalized spacial score (nSPS) is 10.9. The number of aliphatic hydroxyl groups excluding tert-OH is 1. The first-order chi connectivity index (χ1) is 19.4. The second-order valence-corrected chi connectivity index (χ2v) is 8.71. The molecule has 10 heteroatoms. The Hall–Kier alpha value is -5.22. The third-order valence-corrected chi connectivity index (χ3v) is 6.20. The van der Waals surface area contributed by atoms with Crippen LogP contribution in [0.3, 0.4) is 0 Å². The van der Waals surface area contributed by atoms with Crippen molar-refractivity contribution in [3.8, 4) is 11.1 Å². The Morgan fingerprint density at radius 3 is 2.30 bits per heavy atom. The molecule has 3 aromatic carbocycles. The second-order valence-electron chi connectivity index (χ2n) is 8.71. The molecule has 0 aliphatic carbocycles. The van der Waals surface area contributed by atoms with Crippen molar-refractivity contribution >= 4 is 34.2 Å². The molecule has 2 aromatic heterocycles. The number of benzene rings is 3. The number of amides is 2. The van der Waals surface area contributed by atoms with Crippen LogP contribution in [0.25, 0.3) is 22.2 Å². The van der Waals surface area contributed by atoms with Crippen LogP contribution in [0, 0.1) is 11.6 Å². The van der Waals surface area contributed by atoms with Gasteiger partial charge in [-0.2, -0.15) is 0 Å². The van der Waals surface area contributed by atoms with Crippen LogP contribution in [-0.4, -0.2) is 40.0 Å². The fourth-order valence-electron chi connectivity index (χ4n) is 4.46. The van der Waals surface area contributed by atoms with Gasteiger partial charge in [0.15, 0.2) is 11.6 Å². The predicted molar refractivity (Wildman–Crippen MR) is 146 cm³/mol. The molecule has 0 unspecified atom stereocenters. The van der Waals surface area contributed by atoms with Gasteiger partial charge in [-0.15, -0.1) is 0 Å². The Kier molecular flexibility index (Phi) is 7.43. The molecule has 0 saturated heterocycles. The first-order valence-corrected chi connectivity index (χ1v) is 12.2. The number of carbonyl (C=O) groups excluding carboxylic acids is 2. The van der Waals surface area contributed by atoms with Crippen molar-refractivity contribution in [3.05, 3.63) is 124 Å². The molecule has 0 bridgehead atoms. The van der Waals surface area contributed by atoms with Crippen molar-refractivity contribution in [2.24, 2.45) is 0 Å². The Balaban J connectivity index is 1.86. The van der Waals surface area contributed by atoms with Crippen molar-refractivity contribution in [3.63, 3.8) is 0 Å². The average Bonchev–Trinajstić information content (AvgIpc) is 2.97. The molecule has 0 aliphatic heterocycles.